The predicted octanol–water partition coefficient (Wildman–Crippen LogP) is 1.68. The van der Waals surface area contributed by atoms with Gasteiger partial charge in [0.25, 0.3) is 0 Å². The first-order valence-electron chi connectivity index (χ1n) is 5.95. The fraction of sp³-hybridized carbons (Fsp3) is 0.286. The molecule has 0 bridgehead atoms. The van der Waals surface area contributed by atoms with Gasteiger partial charge >= 0.3 is 5.97 Å². The number of aliphatic carboxylic acids is 1. The van der Waals surface area contributed by atoms with E-state index < -0.39 is 11.5 Å². The number of fused-ring (bicyclic) bond motifs is 1. The fourth-order valence-electron chi connectivity index (χ4n) is 1.60. The number of nitrogens with one attached hydrogen (secondary N) is 1. The molecule has 100 valence electrons. The topological polar surface area (TPSA) is 71.5 Å². The van der Waals surface area contributed by atoms with Crippen molar-refractivity contribution >= 4 is 16.9 Å². The molecule has 19 heavy (non-hydrogen) atoms. The van der Waals surface area contributed by atoms with E-state index >= 15 is 0 Å². The average molecular weight is 260 g/mol. The number of ether oxygens (including phenoxy) is 1. The lowest BCUT2D eigenvalue weighted by Gasteiger charge is -2.24. The van der Waals surface area contributed by atoms with Crippen LogP contribution < -0.4 is 10.1 Å². The van der Waals surface area contributed by atoms with E-state index in [0.29, 0.717) is 5.75 Å². The summed E-state index contributed by atoms with van der Waals surface area (Å²) < 4.78 is 5.55. The summed E-state index contributed by atoms with van der Waals surface area (Å²) in [6.07, 6.45) is 1.71. The quantitative estimate of drug-likeness (QED) is 0.855. The number of likely N-dealkylation sites (N-methyl/N-ethyl adjacent to an activating group) is 1. The highest BCUT2D eigenvalue weighted by Gasteiger charge is 2.32. The maximum Gasteiger partial charge on any atom is 0.327 e. The summed E-state index contributed by atoms with van der Waals surface area (Å²) in [6, 6.07) is 9.33. The molecule has 0 aliphatic carbocycles. The number of rotatable bonds is 5. The number of pyridine rings is 1. The molecule has 5 nitrogen and oxygen atoms in total. The minimum Gasteiger partial charge on any atom is -0.491 e. The van der Waals surface area contributed by atoms with Crippen LogP contribution in [0.1, 0.15) is 6.92 Å². The molecule has 5 heteroatoms. The Kier molecular flexibility index (Phi) is 3.66. The maximum atomic E-state index is 11.1. The summed E-state index contributed by atoms with van der Waals surface area (Å²) >= 11 is 0. The Morgan fingerprint density at radius 1 is 1.47 bits per heavy atom. The molecule has 1 aromatic carbocycles. The van der Waals surface area contributed by atoms with E-state index in [4.69, 9.17) is 9.84 Å². The maximum absolute atomic E-state index is 11.1. The summed E-state index contributed by atoms with van der Waals surface area (Å²) in [5, 5.41) is 12.9. The number of hydrogen-bond acceptors (Lipinski definition) is 4. The zero-order valence-electron chi connectivity index (χ0n) is 10.9. The predicted molar refractivity (Wildman–Crippen MR) is 72.3 cm³/mol. The normalized spacial score (nSPS) is 14.0. The van der Waals surface area contributed by atoms with E-state index in [9.17, 15) is 4.79 Å². The van der Waals surface area contributed by atoms with Crippen LogP contribution in [0, 0.1) is 0 Å². The van der Waals surface area contributed by atoms with Crippen molar-refractivity contribution in [3.63, 3.8) is 0 Å². The van der Waals surface area contributed by atoms with Gasteiger partial charge in [-0.3, -0.25) is 9.78 Å². The van der Waals surface area contributed by atoms with Gasteiger partial charge in [-0.1, -0.05) is 6.07 Å². The third-order valence-corrected chi connectivity index (χ3v) is 3.13. The monoisotopic (exact) mass is 260 g/mol. The van der Waals surface area contributed by atoms with E-state index in [2.05, 4.69) is 10.3 Å². The first-order chi connectivity index (χ1) is 9.05. The van der Waals surface area contributed by atoms with Crippen LogP contribution in [0.3, 0.4) is 0 Å². The van der Waals surface area contributed by atoms with Crippen molar-refractivity contribution in [2.24, 2.45) is 0 Å². The van der Waals surface area contributed by atoms with Crippen LogP contribution >= 0.6 is 0 Å². The van der Waals surface area contributed by atoms with Gasteiger partial charge in [-0.2, -0.15) is 0 Å². The number of nitrogens with zero attached hydrogens (tertiary/aromatic N) is 1. The molecule has 2 N–H and O–H groups in total. The molecule has 0 aliphatic rings. The van der Waals surface area contributed by atoms with Gasteiger partial charge in [-0.25, -0.2) is 0 Å². The van der Waals surface area contributed by atoms with Crippen molar-refractivity contribution in [3.8, 4) is 5.75 Å². The van der Waals surface area contributed by atoms with Crippen LogP contribution in [0.5, 0.6) is 5.75 Å². The lowest BCUT2D eigenvalue weighted by molar-refractivity contribution is -0.145. The van der Waals surface area contributed by atoms with Crippen LogP contribution in [0.2, 0.25) is 0 Å². The minimum atomic E-state index is -1.11. The molecule has 0 radical (unpaired) electrons. The molecular formula is C14H16N2O3. The molecule has 1 unspecified atom stereocenters. The van der Waals surface area contributed by atoms with Crippen LogP contribution in [0.25, 0.3) is 10.9 Å². The third kappa shape index (κ3) is 2.82. The van der Waals surface area contributed by atoms with Crippen LogP contribution in [0.4, 0.5) is 0 Å². The Balaban J connectivity index is 2.15. The van der Waals surface area contributed by atoms with Crippen LogP contribution in [-0.4, -0.2) is 35.3 Å². The molecule has 0 aliphatic heterocycles. The van der Waals surface area contributed by atoms with Gasteiger partial charge < -0.3 is 15.2 Å². The lowest BCUT2D eigenvalue weighted by Crippen LogP contribution is -2.52. The van der Waals surface area contributed by atoms with E-state index in [-0.39, 0.29) is 6.61 Å². The molecule has 1 aromatic heterocycles. The van der Waals surface area contributed by atoms with Crippen molar-refractivity contribution < 1.29 is 14.6 Å². The molecule has 0 spiro atoms. The summed E-state index contributed by atoms with van der Waals surface area (Å²) in [4.78, 5) is 15.4. The number of benzene rings is 1. The SMILES string of the molecule is CNC(C)(COc1ccc2cccnc2c1)C(=O)O. The van der Waals surface area contributed by atoms with Crippen molar-refractivity contribution in [2.75, 3.05) is 13.7 Å². The highest BCUT2D eigenvalue weighted by atomic mass is 16.5. The highest BCUT2D eigenvalue weighted by Crippen LogP contribution is 2.19. The number of carboxylic acid groups (broad SMARTS) is 1. The Bertz CT molecular complexity index is 600. The summed E-state index contributed by atoms with van der Waals surface area (Å²) in [5.74, 6) is -0.345. The molecule has 1 heterocycles. The highest BCUT2D eigenvalue weighted by molar-refractivity contribution is 5.80. The average Bonchev–Trinajstić information content (AvgIpc) is 2.44. The molecule has 0 saturated carbocycles. The van der Waals surface area contributed by atoms with E-state index in [1.807, 2.05) is 24.3 Å². The van der Waals surface area contributed by atoms with E-state index in [1.54, 1.807) is 26.2 Å². The van der Waals surface area contributed by atoms with Gasteiger partial charge in [0, 0.05) is 17.6 Å². The smallest absolute Gasteiger partial charge is 0.327 e. The summed E-state index contributed by atoms with van der Waals surface area (Å²) in [5.41, 5.74) is -0.291. The second kappa shape index (κ2) is 5.24. The Hall–Kier alpha value is -2.14. The number of carboxylic acids is 1. The van der Waals surface area contributed by atoms with E-state index in [0.717, 1.165) is 10.9 Å². The summed E-state index contributed by atoms with van der Waals surface area (Å²) in [7, 11) is 1.60. The van der Waals surface area contributed by atoms with Crippen molar-refractivity contribution in [3.05, 3.63) is 36.5 Å². The van der Waals surface area contributed by atoms with Crippen molar-refractivity contribution in [2.45, 2.75) is 12.5 Å². The minimum absolute atomic E-state index is 0.0389. The zero-order valence-corrected chi connectivity index (χ0v) is 10.9. The molecule has 0 fully saturated rings. The van der Waals surface area contributed by atoms with Gasteiger partial charge in [-0.05, 0) is 32.2 Å². The first-order valence-corrected chi connectivity index (χ1v) is 5.95. The second-order valence-electron chi connectivity index (χ2n) is 4.53. The molecule has 2 rings (SSSR count). The molecule has 0 saturated heterocycles. The third-order valence-electron chi connectivity index (χ3n) is 3.13. The molecule has 0 amide bonds. The van der Waals surface area contributed by atoms with Gasteiger partial charge in [-0.15, -0.1) is 0 Å². The van der Waals surface area contributed by atoms with Crippen LogP contribution in [-0.2, 0) is 4.79 Å². The van der Waals surface area contributed by atoms with Crippen LogP contribution in [0.15, 0.2) is 36.5 Å². The first kappa shape index (κ1) is 13.3. The second-order valence-corrected chi connectivity index (χ2v) is 4.53. The molecular weight excluding hydrogens is 244 g/mol. The zero-order chi connectivity index (χ0) is 13.9. The lowest BCUT2D eigenvalue weighted by atomic mass is 10.1. The number of hydrogen-bond donors (Lipinski definition) is 2. The Labute approximate surface area is 111 Å². The molecule has 1 atom stereocenters. The Morgan fingerprint density at radius 3 is 2.95 bits per heavy atom. The van der Waals surface area contributed by atoms with Gasteiger partial charge in [0.2, 0.25) is 0 Å². The Morgan fingerprint density at radius 2 is 2.26 bits per heavy atom. The fourth-order valence-corrected chi connectivity index (χ4v) is 1.60. The van der Waals surface area contributed by atoms with Gasteiger partial charge in [0.15, 0.2) is 0 Å². The van der Waals surface area contributed by atoms with Crippen molar-refractivity contribution in [1.82, 2.24) is 10.3 Å². The number of carbonyl (C=O) groups is 1. The standard InChI is InChI=1S/C14H16N2O3/c1-14(15-2,13(17)18)9-19-11-6-5-10-4-3-7-16-12(10)8-11/h3-8,15H,9H2,1-2H3,(H,17,18). The van der Waals surface area contributed by atoms with Gasteiger partial charge in [0.05, 0.1) is 5.52 Å². The number of aromatic nitrogens is 1. The van der Waals surface area contributed by atoms with Crippen molar-refractivity contribution in [1.29, 1.82) is 0 Å². The van der Waals surface area contributed by atoms with Gasteiger partial charge in [0.1, 0.15) is 17.9 Å². The molecule has 2 aromatic rings. The largest absolute Gasteiger partial charge is 0.491 e. The summed E-state index contributed by atoms with van der Waals surface area (Å²) in [6.45, 7) is 1.62. The van der Waals surface area contributed by atoms with E-state index in [1.165, 1.54) is 0 Å².